The fourth-order valence-electron chi connectivity index (χ4n) is 2.95. The molecule has 3 rings (SSSR count). The topological polar surface area (TPSA) is 46.9 Å². The van der Waals surface area contributed by atoms with Crippen molar-refractivity contribution in [3.05, 3.63) is 86.1 Å². The summed E-state index contributed by atoms with van der Waals surface area (Å²) in [6.45, 7) is 2.84. The Bertz CT molecular complexity index is 971. The number of aryl methyl sites for hydroxylation is 2. The lowest BCUT2D eigenvalue weighted by Crippen LogP contribution is -2.25. The van der Waals surface area contributed by atoms with Gasteiger partial charge in [0.25, 0.3) is 5.91 Å². The maximum absolute atomic E-state index is 12.6. The molecule has 0 aliphatic carbocycles. The minimum atomic E-state index is -0.212. The van der Waals surface area contributed by atoms with Gasteiger partial charge in [-0.15, -0.1) is 0 Å². The molecule has 146 valence electrons. The molecule has 0 aliphatic rings. The van der Waals surface area contributed by atoms with Crippen LogP contribution < -0.4 is 5.32 Å². The molecule has 0 spiro atoms. The highest BCUT2D eigenvalue weighted by molar-refractivity contribution is 6.42. The van der Waals surface area contributed by atoms with E-state index in [1.54, 1.807) is 17.7 Å². The number of benzene rings is 2. The number of nitrogens with one attached hydrogen (secondary N) is 1. The Hall–Kier alpha value is -2.01. The van der Waals surface area contributed by atoms with Crippen LogP contribution in [0.15, 0.2) is 48.5 Å². The molecular weight excluding hydrogens is 417 g/mol. The van der Waals surface area contributed by atoms with Crippen LogP contribution in [0.2, 0.25) is 15.2 Å². The first-order valence-electron chi connectivity index (χ1n) is 8.94. The number of amides is 1. The molecule has 7 heteroatoms. The van der Waals surface area contributed by atoms with Gasteiger partial charge in [0, 0.05) is 6.54 Å². The molecule has 0 saturated carbocycles. The van der Waals surface area contributed by atoms with Crippen LogP contribution in [0, 0.1) is 6.92 Å². The van der Waals surface area contributed by atoms with Gasteiger partial charge in [0.1, 0.15) is 5.15 Å². The largest absolute Gasteiger partial charge is 0.352 e. The minimum absolute atomic E-state index is 0.212. The molecule has 0 unspecified atom stereocenters. The summed E-state index contributed by atoms with van der Waals surface area (Å²) < 4.78 is 1.65. The third-order valence-corrected chi connectivity index (χ3v) is 5.50. The van der Waals surface area contributed by atoms with Crippen molar-refractivity contribution in [2.45, 2.75) is 26.3 Å². The van der Waals surface area contributed by atoms with Crippen molar-refractivity contribution >= 4 is 40.7 Å². The summed E-state index contributed by atoms with van der Waals surface area (Å²) in [5.41, 5.74) is 3.18. The average molecular weight is 437 g/mol. The first-order valence-corrected chi connectivity index (χ1v) is 10.1. The Kier molecular flexibility index (Phi) is 7.00. The van der Waals surface area contributed by atoms with Crippen molar-refractivity contribution in [2.75, 3.05) is 6.54 Å². The lowest BCUT2D eigenvalue weighted by Gasteiger charge is -2.07. The molecule has 1 aromatic heterocycles. The SMILES string of the molecule is Cc1nn(Cc2ccccc2)c(Cl)c1C(=O)NCCCc1ccc(Cl)c(Cl)c1. The zero-order valence-electron chi connectivity index (χ0n) is 15.4. The Morgan fingerprint density at radius 1 is 1.04 bits per heavy atom. The van der Waals surface area contributed by atoms with Crippen molar-refractivity contribution in [2.24, 2.45) is 0 Å². The predicted molar refractivity (Wildman–Crippen MR) is 115 cm³/mol. The lowest BCUT2D eigenvalue weighted by molar-refractivity contribution is 0.0952. The average Bonchev–Trinajstić information content (AvgIpc) is 2.95. The second kappa shape index (κ2) is 9.46. The summed E-state index contributed by atoms with van der Waals surface area (Å²) in [5, 5.41) is 8.76. The fourth-order valence-corrected chi connectivity index (χ4v) is 3.59. The van der Waals surface area contributed by atoms with E-state index in [1.807, 2.05) is 42.5 Å². The molecule has 0 fully saturated rings. The van der Waals surface area contributed by atoms with Crippen LogP contribution in [-0.2, 0) is 13.0 Å². The van der Waals surface area contributed by atoms with Crippen molar-refractivity contribution in [1.82, 2.24) is 15.1 Å². The summed E-state index contributed by atoms with van der Waals surface area (Å²) in [6, 6.07) is 15.4. The van der Waals surface area contributed by atoms with E-state index in [9.17, 15) is 4.79 Å². The molecule has 2 aromatic carbocycles. The smallest absolute Gasteiger partial charge is 0.256 e. The van der Waals surface area contributed by atoms with E-state index < -0.39 is 0 Å². The van der Waals surface area contributed by atoms with Gasteiger partial charge in [0.05, 0.1) is 27.8 Å². The van der Waals surface area contributed by atoms with Gasteiger partial charge < -0.3 is 5.32 Å². The number of carbonyl (C=O) groups is 1. The van der Waals surface area contributed by atoms with Gasteiger partial charge in [-0.3, -0.25) is 4.79 Å². The van der Waals surface area contributed by atoms with Gasteiger partial charge in [-0.2, -0.15) is 5.10 Å². The molecular formula is C21H20Cl3N3O. The summed E-state index contributed by atoms with van der Waals surface area (Å²) in [5.74, 6) is -0.212. The minimum Gasteiger partial charge on any atom is -0.352 e. The van der Waals surface area contributed by atoms with Gasteiger partial charge in [-0.05, 0) is 43.0 Å². The number of carbonyl (C=O) groups excluding carboxylic acids is 1. The number of aromatic nitrogens is 2. The van der Waals surface area contributed by atoms with Crippen LogP contribution >= 0.6 is 34.8 Å². The second-order valence-electron chi connectivity index (χ2n) is 6.50. The molecule has 28 heavy (non-hydrogen) atoms. The highest BCUT2D eigenvalue weighted by atomic mass is 35.5. The molecule has 0 atom stereocenters. The molecule has 1 N–H and O–H groups in total. The van der Waals surface area contributed by atoms with E-state index in [1.165, 1.54) is 0 Å². The number of rotatable bonds is 7. The van der Waals surface area contributed by atoms with Crippen LogP contribution in [0.25, 0.3) is 0 Å². The normalized spacial score (nSPS) is 10.9. The van der Waals surface area contributed by atoms with Crippen LogP contribution in [0.5, 0.6) is 0 Å². The molecule has 1 amide bonds. The second-order valence-corrected chi connectivity index (χ2v) is 7.67. The lowest BCUT2D eigenvalue weighted by atomic mass is 10.1. The molecule has 0 radical (unpaired) electrons. The summed E-state index contributed by atoms with van der Waals surface area (Å²) in [6.07, 6.45) is 1.57. The summed E-state index contributed by atoms with van der Waals surface area (Å²) >= 11 is 18.4. The van der Waals surface area contributed by atoms with E-state index in [2.05, 4.69) is 10.4 Å². The van der Waals surface area contributed by atoms with Crippen molar-refractivity contribution in [3.8, 4) is 0 Å². The first kappa shape index (κ1) is 20.7. The van der Waals surface area contributed by atoms with Crippen LogP contribution in [0.3, 0.4) is 0 Å². The highest BCUT2D eigenvalue weighted by Crippen LogP contribution is 2.23. The number of hydrogen-bond donors (Lipinski definition) is 1. The van der Waals surface area contributed by atoms with Crippen molar-refractivity contribution < 1.29 is 4.79 Å². The third kappa shape index (κ3) is 5.07. The zero-order valence-corrected chi connectivity index (χ0v) is 17.7. The predicted octanol–water partition coefficient (Wildman–Crippen LogP) is 5.56. The van der Waals surface area contributed by atoms with E-state index in [-0.39, 0.29) is 5.91 Å². The molecule has 0 bridgehead atoms. The van der Waals surface area contributed by atoms with Gasteiger partial charge in [0.2, 0.25) is 0 Å². The third-order valence-electron chi connectivity index (χ3n) is 4.38. The van der Waals surface area contributed by atoms with Crippen LogP contribution in [0.1, 0.15) is 33.6 Å². The summed E-state index contributed by atoms with van der Waals surface area (Å²) in [4.78, 5) is 12.6. The Labute approximate surface area is 179 Å². The summed E-state index contributed by atoms with van der Waals surface area (Å²) in [7, 11) is 0. The Morgan fingerprint density at radius 3 is 2.50 bits per heavy atom. The maximum Gasteiger partial charge on any atom is 0.256 e. The molecule has 0 aliphatic heterocycles. The van der Waals surface area contributed by atoms with Gasteiger partial charge in [-0.1, -0.05) is 71.2 Å². The zero-order chi connectivity index (χ0) is 20.1. The van der Waals surface area contributed by atoms with Crippen molar-refractivity contribution in [1.29, 1.82) is 0 Å². The van der Waals surface area contributed by atoms with Gasteiger partial charge in [0.15, 0.2) is 0 Å². The number of halogens is 3. The fraction of sp³-hybridized carbons (Fsp3) is 0.238. The van der Waals surface area contributed by atoms with Crippen LogP contribution in [-0.4, -0.2) is 22.2 Å². The first-order chi connectivity index (χ1) is 13.5. The monoisotopic (exact) mass is 435 g/mol. The standard InChI is InChI=1S/C21H20Cl3N3O/c1-14-19(20(24)27(26-14)13-16-6-3-2-4-7-16)21(28)25-11-5-8-15-9-10-17(22)18(23)12-15/h2-4,6-7,9-10,12H,5,8,11,13H2,1H3,(H,25,28). The maximum atomic E-state index is 12.6. The van der Waals surface area contributed by atoms with E-state index >= 15 is 0 Å². The van der Waals surface area contributed by atoms with E-state index in [0.717, 1.165) is 24.0 Å². The quantitative estimate of drug-likeness (QED) is 0.493. The molecule has 0 saturated heterocycles. The number of nitrogens with zero attached hydrogens (tertiary/aromatic N) is 2. The van der Waals surface area contributed by atoms with Gasteiger partial charge >= 0.3 is 0 Å². The Balaban J connectivity index is 1.57. The molecule has 1 heterocycles. The van der Waals surface area contributed by atoms with Gasteiger partial charge in [-0.25, -0.2) is 4.68 Å². The highest BCUT2D eigenvalue weighted by Gasteiger charge is 2.20. The van der Waals surface area contributed by atoms with E-state index in [0.29, 0.717) is 39.5 Å². The molecule has 3 aromatic rings. The van der Waals surface area contributed by atoms with E-state index in [4.69, 9.17) is 34.8 Å². The molecule has 4 nitrogen and oxygen atoms in total. The van der Waals surface area contributed by atoms with Crippen molar-refractivity contribution in [3.63, 3.8) is 0 Å². The Morgan fingerprint density at radius 2 is 1.79 bits per heavy atom. The van der Waals surface area contributed by atoms with Crippen LogP contribution in [0.4, 0.5) is 0 Å². The number of hydrogen-bond acceptors (Lipinski definition) is 2.